The molecule has 0 fully saturated rings. The van der Waals surface area contributed by atoms with E-state index in [1.165, 1.54) is 8.95 Å². The molecule has 0 atom stereocenters. The van der Waals surface area contributed by atoms with Crippen molar-refractivity contribution in [2.24, 2.45) is 0 Å². The van der Waals surface area contributed by atoms with Crippen LogP contribution >= 0.6 is 63.7 Å². The fourth-order valence-corrected chi connectivity index (χ4v) is 14.9. The van der Waals surface area contributed by atoms with Gasteiger partial charge in [0.1, 0.15) is 0 Å². The summed E-state index contributed by atoms with van der Waals surface area (Å²) < 4.78 is 11.1. The summed E-state index contributed by atoms with van der Waals surface area (Å²) in [5, 5.41) is 0. The molecule has 6 heteroatoms. The van der Waals surface area contributed by atoms with E-state index in [0.29, 0.717) is 0 Å². The fourth-order valence-electron chi connectivity index (χ4n) is 1.61. The Hall–Kier alpha value is 1.94. The van der Waals surface area contributed by atoms with Crippen molar-refractivity contribution in [3.05, 3.63) is 42.2 Å². The quantitative estimate of drug-likeness (QED) is 0.190. The van der Waals surface area contributed by atoms with Gasteiger partial charge < -0.3 is 0 Å². The first kappa shape index (κ1) is 14.9. The van der Waals surface area contributed by atoms with E-state index in [1.807, 2.05) is 0 Å². The molecule has 0 saturated carbocycles. The second-order valence-electron chi connectivity index (χ2n) is 3.57. The molecule has 1 heterocycles. The Bertz CT molecular complexity index is 599. The molecule has 18 heavy (non-hydrogen) atoms. The van der Waals surface area contributed by atoms with Crippen molar-refractivity contribution in [1.29, 1.82) is 0 Å². The number of hydrogen-bond donors (Lipinski definition) is 0. The fraction of sp³-hybridized carbons (Fsp3) is 0. The normalized spacial score (nSPS) is 13.1. The van der Waals surface area contributed by atoms with Gasteiger partial charge in [-0.3, -0.25) is 0 Å². The minimum absolute atomic E-state index is 0.289. The molecule has 0 bridgehead atoms. The number of hydrogen-bond acceptors (Lipinski definition) is 0. The van der Waals surface area contributed by atoms with Gasteiger partial charge in [0.2, 0.25) is 0 Å². The SMILES string of the molecule is Brc1c(Br)c(Br)c2c(c1Br)[Te]c1ccccc1[Te]2. The van der Waals surface area contributed by atoms with Crippen molar-refractivity contribution in [3.63, 3.8) is 0 Å². The summed E-state index contributed by atoms with van der Waals surface area (Å²) in [6, 6.07) is 8.94. The number of benzene rings is 2. The van der Waals surface area contributed by atoms with Gasteiger partial charge in [0.15, 0.2) is 0 Å². The van der Waals surface area contributed by atoms with Gasteiger partial charge in [0, 0.05) is 0 Å². The topological polar surface area (TPSA) is 0 Å². The van der Waals surface area contributed by atoms with Crippen molar-refractivity contribution in [2.75, 3.05) is 0 Å². The molecule has 92 valence electrons. The van der Waals surface area contributed by atoms with Gasteiger partial charge in [-0.05, 0) is 0 Å². The van der Waals surface area contributed by atoms with E-state index in [9.17, 15) is 0 Å². The average molecular weight is 723 g/mol. The standard InChI is InChI=1S/C12H4Br4Te2/c13-7-8(14)10(16)12-11(9(7)15)17-5-3-1-2-4-6(5)18-12/h1-4H. The number of halogens is 4. The Balaban J connectivity index is 2.25. The zero-order chi connectivity index (χ0) is 12.9. The van der Waals surface area contributed by atoms with E-state index >= 15 is 0 Å². The Labute approximate surface area is 159 Å². The summed E-state index contributed by atoms with van der Waals surface area (Å²) in [6.07, 6.45) is 0. The maximum atomic E-state index is 3.76. The molecule has 0 aromatic heterocycles. The van der Waals surface area contributed by atoms with Crippen molar-refractivity contribution in [2.45, 2.75) is 0 Å². The van der Waals surface area contributed by atoms with E-state index in [1.54, 1.807) is 14.4 Å². The number of rotatable bonds is 0. The van der Waals surface area contributed by atoms with Crippen LogP contribution in [0.15, 0.2) is 42.2 Å². The second kappa shape index (κ2) is 5.97. The third-order valence-electron chi connectivity index (χ3n) is 2.46. The summed E-state index contributed by atoms with van der Waals surface area (Å²) >= 11 is 14.3. The van der Waals surface area contributed by atoms with Crippen LogP contribution < -0.4 is 14.4 Å². The minimum atomic E-state index is -0.289. The molecule has 1 aliphatic heterocycles. The first-order valence-corrected chi connectivity index (χ1v) is 12.7. The zero-order valence-electron chi connectivity index (χ0n) is 8.64. The van der Waals surface area contributed by atoms with Crippen molar-refractivity contribution in [3.8, 4) is 0 Å². The molecule has 0 aliphatic carbocycles. The summed E-state index contributed by atoms with van der Waals surface area (Å²) in [6.45, 7) is 0. The van der Waals surface area contributed by atoms with Gasteiger partial charge >= 0.3 is 162 Å². The molecule has 3 rings (SSSR count). The van der Waals surface area contributed by atoms with Gasteiger partial charge in [-0.15, -0.1) is 0 Å². The zero-order valence-corrected chi connectivity index (χ0v) is 19.6. The summed E-state index contributed by atoms with van der Waals surface area (Å²) in [4.78, 5) is 0. The molecule has 2 aromatic carbocycles. The van der Waals surface area contributed by atoms with E-state index < -0.39 is 0 Å². The van der Waals surface area contributed by atoms with Crippen LogP contribution in [0.2, 0.25) is 0 Å². The molecule has 1 aliphatic rings. The molecule has 0 unspecified atom stereocenters. The van der Waals surface area contributed by atoms with Crippen LogP contribution in [0.5, 0.6) is 0 Å². The van der Waals surface area contributed by atoms with Crippen LogP contribution in [-0.4, -0.2) is 41.8 Å². The molecule has 0 nitrogen and oxygen atoms in total. The predicted molar refractivity (Wildman–Crippen MR) is 93.7 cm³/mol. The van der Waals surface area contributed by atoms with E-state index in [-0.39, 0.29) is 41.8 Å². The first-order valence-electron chi connectivity index (χ1n) is 4.90. The van der Waals surface area contributed by atoms with Crippen LogP contribution in [0.3, 0.4) is 0 Å². The second-order valence-corrected chi connectivity index (χ2v) is 12.7. The maximum absolute atomic E-state index is 3.76. The summed E-state index contributed by atoms with van der Waals surface area (Å²) in [5.41, 5.74) is 0. The third-order valence-corrected chi connectivity index (χ3v) is 18.1. The molecular weight excluding hydrogens is 719 g/mol. The van der Waals surface area contributed by atoms with Crippen molar-refractivity contribution >= 4 is 120 Å². The molecule has 0 spiro atoms. The van der Waals surface area contributed by atoms with Gasteiger partial charge in [0.05, 0.1) is 0 Å². The molecule has 0 amide bonds. The molecule has 0 radical (unpaired) electrons. The van der Waals surface area contributed by atoms with E-state index in [2.05, 4.69) is 88.0 Å². The average Bonchev–Trinajstić information content (AvgIpc) is 2.41. The van der Waals surface area contributed by atoms with Gasteiger partial charge in [0.25, 0.3) is 0 Å². The molecule has 0 N–H and O–H groups in total. The van der Waals surface area contributed by atoms with Gasteiger partial charge in [-0.25, -0.2) is 0 Å². The summed E-state index contributed by atoms with van der Waals surface area (Å²) in [5.74, 6) is 0. The van der Waals surface area contributed by atoms with Gasteiger partial charge in [-0.2, -0.15) is 0 Å². The van der Waals surface area contributed by atoms with Crippen molar-refractivity contribution in [1.82, 2.24) is 0 Å². The van der Waals surface area contributed by atoms with Crippen molar-refractivity contribution < 1.29 is 0 Å². The Kier molecular flexibility index (Phi) is 4.93. The Morgan fingerprint density at radius 3 is 1.39 bits per heavy atom. The molecule has 2 aromatic rings. The number of fused-ring (bicyclic) bond motifs is 2. The monoisotopic (exact) mass is 724 g/mol. The van der Waals surface area contributed by atoms with E-state index in [4.69, 9.17) is 0 Å². The van der Waals surface area contributed by atoms with Crippen LogP contribution in [0, 0.1) is 0 Å². The van der Waals surface area contributed by atoms with Gasteiger partial charge in [-0.1, -0.05) is 0 Å². The summed E-state index contributed by atoms with van der Waals surface area (Å²) in [7, 11) is 0. The van der Waals surface area contributed by atoms with Crippen LogP contribution in [-0.2, 0) is 0 Å². The Morgan fingerprint density at radius 1 is 0.611 bits per heavy atom. The first-order chi connectivity index (χ1) is 8.59. The molecular formula is C12H4Br4Te2. The van der Waals surface area contributed by atoms with Crippen LogP contribution in [0.4, 0.5) is 0 Å². The van der Waals surface area contributed by atoms with Crippen LogP contribution in [0.1, 0.15) is 0 Å². The predicted octanol–water partition coefficient (Wildman–Crippen LogP) is 2.36. The molecule has 0 saturated heterocycles. The Morgan fingerprint density at radius 2 is 1.00 bits per heavy atom. The third kappa shape index (κ3) is 2.55. The van der Waals surface area contributed by atoms with E-state index in [0.717, 1.165) is 8.95 Å². The van der Waals surface area contributed by atoms with Crippen LogP contribution in [0.25, 0.3) is 0 Å².